The third kappa shape index (κ3) is 4.04. The summed E-state index contributed by atoms with van der Waals surface area (Å²) in [4.78, 5) is 13.1. The zero-order valence-corrected chi connectivity index (χ0v) is 10.6. The van der Waals surface area contributed by atoms with E-state index in [2.05, 4.69) is 15.5 Å². The van der Waals surface area contributed by atoms with E-state index < -0.39 is 19.0 Å². The molecule has 0 aliphatic rings. The van der Waals surface area contributed by atoms with Gasteiger partial charge in [0.25, 0.3) is 6.43 Å². The topological polar surface area (TPSA) is 61.0 Å². The summed E-state index contributed by atoms with van der Waals surface area (Å²) in [7, 11) is 0. The molecular weight excluding hydrogens is 266 g/mol. The van der Waals surface area contributed by atoms with Crippen LogP contribution in [0.5, 0.6) is 0 Å². The number of hydrogen-bond donors (Lipinski definition) is 2. The lowest BCUT2D eigenvalue weighted by atomic mass is 10.2. The molecule has 0 atom stereocenters. The Balaban J connectivity index is 2.04. The number of rotatable bonds is 5. The third-order valence-electron chi connectivity index (χ3n) is 2.61. The minimum atomic E-state index is -2.59. The minimum absolute atomic E-state index is 0.120. The minimum Gasteiger partial charge on any atom is -0.314 e. The average Bonchev–Trinajstić information content (AvgIpc) is 2.91. The Bertz CT molecular complexity index is 531. The summed E-state index contributed by atoms with van der Waals surface area (Å²) in [5.41, 5.74) is 1.22. The van der Waals surface area contributed by atoms with Crippen LogP contribution in [0.25, 0.3) is 0 Å². The molecule has 0 fully saturated rings. The molecule has 0 radical (unpaired) electrons. The van der Waals surface area contributed by atoms with Gasteiger partial charge in [-0.05, 0) is 5.56 Å². The first kappa shape index (κ1) is 14.0. The number of nitrogens with one attached hydrogen (secondary N) is 2. The van der Waals surface area contributed by atoms with Crippen LogP contribution in [0, 0.1) is 0 Å². The van der Waals surface area contributed by atoms with Gasteiger partial charge in [-0.25, -0.2) is 13.6 Å². The van der Waals surface area contributed by atoms with Gasteiger partial charge in [0.05, 0.1) is 18.4 Å². The predicted molar refractivity (Wildman–Crippen MR) is 70.5 cm³/mol. The zero-order valence-electron chi connectivity index (χ0n) is 10.6. The number of aromatic amines is 1. The summed E-state index contributed by atoms with van der Waals surface area (Å²) in [5.74, 6) is 0. The van der Waals surface area contributed by atoms with Gasteiger partial charge in [-0.2, -0.15) is 5.10 Å². The molecule has 1 aromatic carbocycles. The lowest BCUT2D eigenvalue weighted by molar-refractivity contribution is 0.0997. The summed E-state index contributed by atoms with van der Waals surface area (Å²) in [5, 5.41) is 8.71. The fourth-order valence-corrected chi connectivity index (χ4v) is 1.71. The number of benzene rings is 1. The van der Waals surface area contributed by atoms with Crippen molar-refractivity contribution in [2.75, 3.05) is 11.9 Å². The first-order valence-corrected chi connectivity index (χ1v) is 6.02. The lowest BCUT2D eigenvalue weighted by Crippen LogP contribution is -2.37. The molecule has 0 saturated carbocycles. The van der Waals surface area contributed by atoms with Gasteiger partial charge >= 0.3 is 6.03 Å². The second-order valence-electron chi connectivity index (χ2n) is 4.17. The van der Waals surface area contributed by atoms with Gasteiger partial charge in [0.2, 0.25) is 0 Å². The number of amides is 2. The standard InChI is InChI=1S/C13H14F2N4O/c14-12(15)9-19(8-10-4-2-1-3-5-10)13(20)18-11-6-16-17-7-11/h1-7,12H,8-9H2,(H,16,17)(H,18,20). The quantitative estimate of drug-likeness (QED) is 0.884. The lowest BCUT2D eigenvalue weighted by Gasteiger charge is -2.22. The normalized spacial score (nSPS) is 10.6. The molecule has 0 spiro atoms. The van der Waals surface area contributed by atoms with Crippen molar-refractivity contribution in [1.29, 1.82) is 0 Å². The maximum Gasteiger partial charge on any atom is 0.322 e. The number of halogens is 2. The molecule has 1 heterocycles. The Morgan fingerprint density at radius 2 is 2.10 bits per heavy atom. The highest BCUT2D eigenvalue weighted by Gasteiger charge is 2.18. The molecule has 1 aromatic heterocycles. The van der Waals surface area contributed by atoms with Crippen LogP contribution in [-0.2, 0) is 6.54 Å². The molecular formula is C13H14F2N4O. The van der Waals surface area contributed by atoms with E-state index in [-0.39, 0.29) is 6.54 Å². The molecule has 5 nitrogen and oxygen atoms in total. The van der Waals surface area contributed by atoms with Crippen molar-refractivity contribution in [3.63, 3.8) is 0 Å². The van der Waals surface area contributed by atoms with Gasteiger partial charge in [-0.1, -0.05) is 30.3 Å². The SMILES string of the molecule is O=C(Nc1cn[nH]c1)N(Cc1ccccc1)CC(F)F. The maximum absolute atomic E-state index is 12.6. The molecule has 2 amide bonds. The van der Waals surface area contributed by atoms with Gasteiger partial charge in [0, 0.05) is 12.7 Å². The number of H-pyrrole nitrogens is 1. The second kappa shape index (κ2) is 6.65. The van der Waals surface area contributed by atoms with E-state index in [1.807, 2.05) is 6.07 Å². The Morgan fingerprint density at radius 1 is 1.35 bits per heavy atom. The fourth-order valence-electron chi connectivity index (χ4n) is 1.71. The molecule has 0 saturated heterocycles. The fraction of sp³-hybridized carbons (Fsp3) is 0.231. The van der Waals surface area contributed by atoms with E-state index in [9.17, 15) is 13.6 Å². The number of carbonyl (C=O) groups is 1. The van der Waals surface area contributed by atoms with Gasteiger partial charge in [-0.3, -0.25) is 5.10 Å². The predicted octanol–water partition coefficient (Wildman–Crippen LogP) is 2.71. The molecule has 20 heavy (non-hydrogen) atoms. The van der Waals surface area contributed by atoms with Crippen molar-refractivity contribution in [2.45, 2.75) is 13.0 Å². The van der Waals surface area contributed by atoms with Crippen LogP contribution in [0.15, 0.2) is 42.7 Å². The highest BCUT2D eigenvalue weighted by Crippen LogP contribution is 2.10. The summed E-state index contributed by atoms with van der Waals surface area (Å²) in [6.45, 7) is -0.507. The number of anilines is 1. The van der Waals surface area contributed by atoms with Crippen molar-refractivity contribution in [3.05, 3.63) is 48.3 Å². The maximum atomic E-state index is 12.6. The summed E-state index contributed by atoms with van der Waals surface area (Å²) in [6, 6.07) is 8.39. The number of carbonyl (C=O) groups excluding carboxylic acids is 1. The van der Waals surface area contributed by atoms with E-state index in [0.717, 1.165) is 10.5 Å². The van der Waals surface area contributed by atoms with E-state index in [0.29, 0.717) is 5.69 Å². The van der Waals surface area contributed by atoms with Gasteiger partial charge in [-0.15, -0.1) is 0 Å². The van der Waals surface area contributed by atoms with Crippen molar-refractivity contribution in [2.24, 2.45) is 0 Å². The largest absolute Gasteiger partial charge is 0.322 e. The van der Waals surface area contributed by atoms with Crippen molar-refractivity contribution in [1.82, 2.24) is 15.1 Å². The number of urea groups is 1. The number of hydrogen-bond acceptors (Lipinski definition) is 2. The number of aromatic nitrogens is 2. The van der Waals surface area contributed by atoms with Gasteiger partial charge in [0.1, 0.15) is 0 Å². The van der Waals surface area contributed by atoms with Crippen LogP contribution >= 0.6 is 0 Å². The van der Waals surface area contributed by atoms with Crippen LogP contribution in [0.3, 0.4) is 0 Å². The average molecular weight is 280 g/mol. The molecule has 0 bridgehead atoms. The Morgan fingerprint density at radius 3 is 2.70 bits per heavy atom. The Hall–Kier alpha value is -2.44. The van der Waals surface area contributed by atoms with Crippen LogP contribution in [0.2, 0.25) is 0 Å². The number of alkyl halides is 2. The zero-order chi connectivity index (χ0) is 14.4. The molecule has 2 rings (SSSR count). The van der Waals surface area contributed by atoms with Crippen LogP contribution < -0.4 is 5.32 Å². The monoisotopic (exact) mass is 280 g/mol. The first-order valence-electron chi connectivity index (χ1n) is 6.02. The molecule has 0 unspecified atom stereocenters. The van der Waals surface area contributed by atoms with Crippen molar-refractivity contribution >= 4 is 11.7 Å². The summed E-state index contributed by atoms with van der Waals surface area (Å²) in [6.07, 6.45) is 0.288. The summed E-state index contributed by atoms with van der Waals surface area (Å²) >= 11 is 0. The molecule has 7 heteroatoms. The highest BCUT2D eigenvalue weighted by molar-refractivity contribution is 5.88. The van der Waals surface area contributed by atoms with Crippen LogP contribution in [0.1, 0.15) is 5.56 Å². The van der Waals surface area contributed by atoms with Crippen LogP contribution in [0.4, 0.5) is 19.3 Å². The Labute approximate surface area is 114 Å². The second-order valence-corrected chi connectivity index (χ2v) is 4.17. The van der Waals surface area contributed by atoms with Crippen LogP contribution in [-0.4, -0.2) is 34.1 Å². The van der Waals surface area contributed by atoms with E-state index in [4.69, 9.17) is 0 Å². The molecule has 2 N–H and O–H groups in total. The summed E-state index contributed by atoms with van der Waals surface area (Å²) < 4.78 is 25.2. The van der Waals surface area contributed by atoms with E-state index in [1.54, 1.807) is 24.3 Å². The van der Waals surface area contributed by atoms with Gasteiger partial charge in [0.15, 0.2) is 0 Å². The van der Waals surface area contributed by atoms with Crippen molar-refractivity contribution < 1.29 is 13.6 Å². The van der Waals surface area contributed by atoms with Crippen molar-refractivity contribution in [3.8, 4) is 0 Å². The molecule has 0 aliphatic heterocycles. The Kier molecular flexibility index (Phi) is 4.65. The highest BCUT2D eigenvalue weighted by atomic mass is 19.3. The van der Waals surface area contributed by atoms with E-state index >= 15 is 0 Å². The molecule has 106 valence electrons. The molecule has 0 aliphatic carbocycles. The third-order valence-corrected chi connectivity index (χ3v) is 2.61. The number of nitrogens with zero attached hydrogens (tertiary/aromatic N) is 2. The van der Waals surface area contributed by atoms with E-state index in [1.165, 1.54) is 12.4 Å². The first-order chi connectivity index (χ1) is 9.65. The smallest absolute Gasteiger partial charge is 0.314 e. The van der Waals surface area contributed by atoms with Gasteiger partial charge < -0.3 is 10.2 Å². The molecule has 2 aromatic rings.